The van der Waals surface area contributed by atoms with Gasteiger partial charge in [0.25, 0.3) is 0 Å². The van der Waals surface area contributed by atoms with Gasteiger partial charge in [0.1, 0.15) is 12.4 Å². The minimum absolute atomic E-state index is 0.447. The Morgan fingerprint density at radius 3 is 2.46 bits per heavy atom. The Balaban J connectivity index is 1.80. The van der Waals surface area contributed by atoms with Crippen LogP contribution < -0.4 is 4.74 Å². The normalized spacial score (nSPS) is 15.8. The molecule has 0 amide bonds. The van der Waals surface area contributed by atoms with Crippen molar-refractivity contribution in [1.29, 1.82) is 0 Å². The smallest absolute Gasteiger partial charge is 0.120 e. The van der Waals surface area contributed by atoms with Gasteiger partial charge < -0.3 is 4.74 Å². The largest absolute Gasteiger partial charge is 0.492 e. The zero-order valence-corrected chi connectivity index (χ0v) is 15.5. The first-order valence-electron chi connectivity index (χ1n) is 9.34. The first-order chi connectivity index (χ1) is 11.5. The second-order valence-corrected chi connectivity index (χ2v) is 7.52. The summed E-state index contributed by atoms with van der Waals surface area (Å²) in [7, 11) is 0. The molecule has 3 nitrogen and oxygen atoms in total. The van der Waals surface area contributed by atoms with Crippen LogP contribution >= 0.6 is 0 Å². The lowest BCUT2D eigenvalue weighted by Crippen LogP contribution is -2.25. The van der Waals surface area contributed by atoms with Crippen molar-refractivity contribution in [1.82, 2.24) is 9.88 Å². The molecule has 1 aliphatic heterocycles. The van der Waals surface area contributed by atoms with E-state index in [1.807, 2.05) is 0 Å². The summed E-state index contributed by atoms with van der Waals surface area (Å²) >= 11 is 0. The Labute approximate surface area is 146 Å². The predicted molar refractivity (Wildman–Crippen MR) is 101 cm³/mol. The van der Waals surface area contributed by atoms with Crippen molar-refractivity contribution in [3.63, 3.8) is 0 Å². The first kappa shape index (κ1) is 17.2. The highest BCUT2D eigenvalue weighted by atomic mass is 16.5. The van der Waals surface area contributed by atoms with Gasteiger partial charge in [0.15, 0.2) is 0 Å². The molecule has 3 rings (SSSR count). The number of pyridine rings is 1. The molecular formula is C21H30N2O. The van der Waals surface area contributed by atoms with E-state index in [2.05, 4.69) is 56.9 Å². The number of rotatable bonds is 6. The summed E-state index contributed by atoms with van der Waals surface area (Å²) in [5, 5.41) is 1.23. The van der Waals surface area contributed by atoms with Crippen molar-refractivity contribution in [2.75, 3.05) is 26.2 Å². The highest BCUT2D eigenvalue weighted by molar-refractivity contribution is 5.84. The minimum atomic E-state index is 0.447. The van der Waals surface area contributed by atoms with E-state index in [9.17, 15) is 0 Å². The number of aromatic nitrogens is 1. The van der Waals surface area contributed by atoms with Crippen LogP contribution in [0.1, 0.15) is 63.6 Å². The van der Waals surface area contributed by atoms with Crippen molar-refractivity contribution in [2.45, 2.75) is 52.4 Å². The number of benzene rings is 1. The van der Waals surface area contributed by atoms with Gasteiger partial charge in [-0.3, -0.25) is 9.88 Å². The van der Waals surface area contributed by atoms with Crippen LogP contribution in [0.25, 0.3) is 10.9 Å². The molecule has 0 aliphatic carbocycles. The molecule has 0 radical (unpaired) electrons. The highest BCUT2D eigenvalue weighted by Gasteiger charge is 2.13. The van der Waals surface area contributed by atoms with Gasteiger partial charge in [-0.05, 0) is 67.6 Å². The van der Waals surface area contributed by atoms with Crippen LogP contribution in [0.5, 0.6) is 5.75 Å². The number of likely N-dealkylation sites (tertiary alicyclic amines) is 1. The number of hydrogen-bond acceptors (Lipinski definition) is 3. The van der Waals surface area contributed by atoms with Crippen LogP contribution in [-0.4, -0.2) is 36.1 Å². The molecule has 130 valence electrons. The quantitative estimate of drug-likeness (QED) is 0.750. The fourth-order valence-corrected chi connectivity index (χ4v) is 3.41. The van der Waals surface area contributed by atoms with Gasteiger partial charge >= 0.3 is 0 Å². The molecule has 0 bridgehead atoms. The lowest BCUT2D eigenvalue weighted by molar-refractivity contribution is 0.238. The summed E-state index contributed by atoms with van der Waals surface area (Å²) in [5.74, 6) is 1.89. The molecule has 1 aliphatic rings. The molecule has 1 aromatic carbocycles. The van der Waals surface area contributed by atoms with Crippen LogP contribution in [-0.2, 0) is 0 Å². The molecular weight excluding hydrogens is 296 g/mol. The third kappa shape index (κ3) is 3.89. The van der Waals surface area contributed by atoms with E-state index in [-0.39, 0.29) is 0 Å². The molecule has 1 fully saturated rings. The van der Waals surface area contributed by atoms with Crippen LogP contribution in [0, 0.1) is 0 Å². The standard InChI is InChI=1S/C21H30N2O/c1-15(2)18-14-21(16(3)4)22-20-8-7-17(13-19(18)20)24-12-11-23-9-5-6-10-23/h7-8,13-16H,5-6,9-12H2,1-4H3. The monoisotopic (exact) mass is 326 g/mol. The zero-order valence-electron chi connectivity index (χ0n) is 15.5. The summed E-state index contributed by atoms with van der Waals surface area (Å²) in [4.78, 5) is 7.32. The number of ether oxygens (including phenoxy) is 1. The third-order valence-electron chi connectivity index (χ3n) is 4.92. The minimum Gasteiger partial charge on any atom is -0.492 e. The van der Waals surface area contributed by atoms with E-state index in [4.69, 9.17) is 9.72 Å². The first-order valence-corrected chi connectivity index (χ1v) is 9.34. The molecule has 0 spiro atoms. The molecule has 1 aromatic heterocycles. The Hall–Kier alpha value is -1.61. The summed E-state index contributed by atoms with van der Waals surface area (Å²) in [6, 6.07) is 8.61. The van der Waals surface area contributed by atoms with Gasteiger partial charge in [-0.2, -0.15) is 0 Å². The van der Waals surface area contributed by atoms with Crippen molar-refractivity contribution >= 4 is 10.9 Å². The lowest BCUT2D eigenvalue weighted by atomic mass is 9.95. The molecule has 24 heavy (non-hydrogen) atoms. The van der Waals surface area contributed by atoms with E-state index in [1.54, 1.807) is 0 Å². The van der Waals surface area contributed by atoms with Gasteiger partial charge in [0, 0.05) is 17.6 Å². The predicted octanol–water partition coefficient (Wildman–Crippen LogP) is 4.96. The number of nitrogens with zero attached hydrogens (tertiary/aromatic N) is 2. The van der Waals surface area contributed by atoms with Gasteiger partial charge in [0.05, 0.1) is 5.52 Å². The van der Waals surface area contributed by atoms with Gasteiger partial charge in [-0.1, -0.05) is 27.7 Å². The Morgan fingerprint density at radius 1 is 1.04 bits per heavy atom. The maximum Gasteiger partial charge on any atom is 0.120 e. The molecule has 2 aromatic rings. The van der Waals surface area contributed by atoms with Gasteiger partial charge in [-0.25, -0.2) is 0 Å². The van der Waals surface area contributed by atoms with Crippen LogP contribution in [0.4, 0.5) is 0 Å². The number of fused-ring (bicyclic) bond motifs is 1. The maximum absolute atomic E-state index is 6.02. The van der Waals surface area contributed by atoms with E-state index in [0.717, 1.165) is 24.4 Å². The SMILES string of the molecule is CC(C)c1cc(C(C)C)c2cc(OCCN3CCCC3)ccc2n1. The van der Waals surface area contributed by atoms with Crippen LogP contribution in [0.3, 0.4) is 0 Å². The Kier molecular flexibility index (Phi) is 5.40. The summed E-state index contributed by atoms with van der Waals surface area (Å²) in [5.41, 5.74) is 3.62. The summed E-state index contributed by atoms with van der Waals surface area (Å²) in [6.45, 7) is 13.1. The van der Waals surface area contributed by atoms with Crippen molar-refractivity contribution in [2.24, 2.45) is 0 Å². The second kappa shape index (κ2) is 7.52. The van der Waals surface area contributed by atoms with Crippen LogP contribution in [0.15, 0.2) is 24.3 Å². The molecule has 3 heteroatoms. The summed E-state index contributed by atoms with van der Waals surface area (Å²) < 4.78 is 6.02. The van der Waals surface area contributed by atoms with E-state index in [0.29, 0.717) is 11.8 Å². The molecule has 0 unspecified atom stereocenters. The zero-order chi connectivity index (χ0) is 17.1. The third-order valence-corrected chi connectivity index (χ3v) is 4.92. The van der Waals surface area contributed by atoms with Gasteiger partial charge in [0.2, 0.25) is 0 Å². The Bertz CT molecular complexity index is 688. The van der Waals surface area contributed by atoms with Crippen molar-refractivity contribution < 1.29 is 4.74 Å². The molecule has 0 N–H and O–H groups in total. The molecule has 0 atom stereocenters. The topological polar surface area (TPSA) is 25.4 Å². The summed E-state index contributed by atoms with van der Waals surface area (Å²) in [6.07, 6.45) is 2.66. The van der Waals surface area contributed by atoms with E-state index >= 15 is 0 Å². The average molecular weight is 326 g/mol. The molecule has 0 saturated carbocycles. The lowest BCUT2D eigenvalue weighted by Gasteiger charge is -2.17. The van der Waals surface area contributed by atoms with E-state index in [1.165, 1.54) is 42.6 Å². The van der Waals surface area contributed by atoms with Crippen LogP contribution in [0.2, 0.25) is 0 Å². The molecule has 1 saturated heterocycles. The second-order valence-electron chi connectivity index (χ2n) is 7.52. The molecule has 2 heterocycles. The fourth-order valence-electron chi connectivity index (χ4n) is 3.41. The van der Waals surface area contributed by atoms with Crippen molar-refractivity contribution in [3.05, 3.63) is 35.5 Å². The maximum atomic E-state index is 6.02. The van der Waals surface area contributed by atoms with Crippen molar-refractivity contribution in [3.8, 4) is 5.75 Å². The number of hydrogen-bond donors (Lipinski definition) is 0. The van der Waals surface area contributed by atoms with Gasteiger partial charge in [-0.15, -0.1) is 0 Å². The average Bonchev–Trinajstić information content (AvgIpc) is 3.07. The Morgan fingerprint density at radius 2 is 1.79 bits per heavy atom. The van der Waals surface area contributed by atoms with E-state index < -0.39 is 0 Å². The fraction of sp³-hybridized carbons (Fsp3) is 0.571. The highest BCUT2D eigenvalue weighted by Crippen LogP contribution is 2.30.